The van der Waals surface area contributed by atoms with Crippen molar-refractivity contribution < 1.29 is 4.79 Å². The van der Waals surface area contributed by atoms with Crippen LogP contribution in [0.1, 0.15) is 15.4 Å². The molecule has 0 spiro atoms. The van der Waals surface area contributed by atoms with Crippen molar-refractivity contribution in [2.45, 2.75) is 6.54 Å². The van der Waals surface area contributed by atoms with Gasteiger partial charge in [0.15, 0.2) is 11.5 Å². The number of thiophene rings is 1. The highest BCUT2D eigenvalue weighted by Gasteiger charge is 2.14. The van der Waals surface area contributed by atoms with E-state index in [1.807, 2.05) is 11.4 Å². The zero-order chi connectivity index (χ0) is 13.8. The third-order valence-electron chi connectivity index (χ3n) is 2.39. The topological polar surface area (TPSA) is 84.1 Å². The first-order valence-corrected chi connectivity index (χ1v) is 7.06. The van der Waals surface area contributed by atoms with Crippen molar-refractivity contribution in [3.63, 3.8) is 0 Å². The Hall–Kier alpha value is -1.51. The van der Waals surface area contributed by atoms with Crippen molar-refractivity contribution in [3.05, 3.63) is 38.6 Å². The zero-order valence-corrected chi connectivity index (χ0v) is 12.5. The second-order valence-electron chi connectivity index (χ2n) is 3.84. The molecule has 0 atom stereocenters. The van der Waals surface area contributed by atoms with Crippen LogP contribution in [0.15, 0.2) is 28.1 Å². The van der Waals surface area contributed by atoms with Gasteiger partial charge in [-0.1, -0.05) is 0 Å². The zero-order valence-electron chi connectivity index (χ0n) is 10.1. The molecule has 0 aromatic carbocycles. The van der Waals surface area contributed by atoms with E-state index in [0.717, 1.165) is 9.35 Å². The van der Waals surface area contributed by atoms with E-state index in [-0.39, 0.29) is 11.6 Å². The maximum Gasteiger partial charge on any atom is 0.274 e. The molecule has 3 N–H and O–H groups in total. The highest BCUT2D eigenvalue weighted by molar-refractivity contribution is 9.10. The van der Waals surface area contributed by atoms with Crippen LogP contribution in [0.2, 0.25) is 0 Å². The lowest BCUT2D eigenvalue weighted by Crippen LogP contribution is -2.27. The molecule has 100 valence electrons. The molecule has 2 heterocycles. The summed E-state index contributed by atoms with van der Waals surface area (Å²) in [6.07, 6.45) is 0. The number of amides is 1. The third-order valence-corrected chi connectivity index (χ3v) is 4.08. The predicted molar refractivity (Wildman–Crippen MR) is 77.7 cm³/mol. The Labute approximate surface area is 122 Å². The summed E-state index contributed by atoms with van der Waals surface area (Å²) in [6.45, 7) is 0.535. The molecular formula is C11H12BrN5OS. The molecule has 2 aromatic rings. The van der Waals surface area contributed by atoms with Gasteiger partial charge >= 0.3 is 0 Å². The van der Waals surface area contributed by atoms with E-state index in [2.05, 4.69) is 31.6 Å². The summed E-state index contributed by atoms with van der Waals surface area (Å²) in [6, 6.07) is 5.18. The van der Waals surface area contributed by atoms with Gasteiger partial charge in [-0.3, -0.25) is 4.79 Å². The molecular weight excluding hydrogens is 330 g/mol. The summed E-state index contributed by atoms with van der Waals surface area (Å²) in [4.78, 5) is 14.8. The SMILES string of the molecule is CN(Cc1cc(Br)cs1)C(=O)c1ccc(NN)nn1. The van der Waals surface area contributed by atoms with Crippen LogP contribution >= 0.6 is 27.3 Å². The van der Waals surface area contributed by atoms with Crippen LogP contribution in [0.3, 0.4) is 0 Å². The largest absolute Gasteiger partial charge is 0.335 e. The number of carbonyl (C=O) groups is 1. The van der Waals surface area contributed by atoms with Crippen LogP contribution in [0.4, 0.5) is 5.82 Å². The molecule has 0 saturated heterocycles. The number of halogens is 1. The van der Waals surface area contributed by atoms with E-state index in [9.17, 15) is 4.79 Å². The van der Waals surface area contributed by atoms with Crippen molar-refractivity contribution in [3.8, 4) is 0 Å². The highest BCUT2D eigenvalue weighted by Crippen LogP contribution is 2.21. The second-order valence-corrected chi connectivity index (χ2v) is 5.75. The molecule has 2 aromatic heterocycles. The average molecular weight is 342 g/mol. The van der Waals surface area contributed by atoms with E-state index in [1.165, 1.54) is 0 Å². The maximum atomic E-state index is 12.1. The fraction of sp³-hybridized carbons (Fsp3) is 0.182. The summed E-state index contributed by atoms with van der Waals surface area (Å²) >= 11 is 4.98. The van der Waals surface area contributed by atoms with Crippen molar-refractivity contribution in [1.82, 2.24) is 15.1 Å². The number of hydrazine groups is 1. The first-order valence-electron chi connectivity index (χ1n) is 5.39. The number of hydrogen-bond acceptors (Lipinski definition) is 6. The van der Waals surface area contributed by atoms with Crippen LogP contribution in [0.5, 0.6) is 0 Å². The van der Waals surface area contributed by atoms with E-state index >= 15 is 0 Å². The molecule has 0 saturated carbocycles. The van der Waals surface area contributed by atoms with Gasteiger partial charge in [-0.05, 0) is 34.1 Å². The number of anilines is 1. The molecule has 0 aliphatic rings. The Kier molecular flexibility index (Phi) is 4.46. The Bertz CT molecular complexity index is 571. The minimum absolute atomic E-state index is 0.180. The van der Waals surface area contributed by atoms with E-state index in [1.54, 1.807) is 35.4 Å². The molecule has 0 aliphatic heterocycles. The van der Waals surface area contributed by atoms with Crippen molar-refractivity contribution in [1.29, 1.82) is 0 Å². The number of nitrogens with two attached hydrogens (primary N) is 1. The first-order chi connectivity index (χ1) is 9.10. The van der Waals surface area contributed by atoms with Gasteiger partial charge in [-0.2, -0.15) is 0 Å². The van der Waals surface area contributed by atoms with Gasteiger partial charge in [0.25, 0.3) is 5.91 Å². The smallest absolute Gasteiger partial charge is 0.274 e. The molecule has 0 fully saturated rings. The van der Waals surface area contributed by atoms with Gasteiger partial charge in [0.2, 0.25) is 0 Å². The van der Waals surface area contributed by atoms with E-state index in [0.29, 0.717) is 12.4 Å². The Morgan fingerprint density at radius 3 is 2.84 bits per heavy atom. The van der Waals surface area contributed by atoms with Crippen molar-refractivity contribution in [2.24, 2.45) is 5.84 Å². The molecule has 0 unspecified atom stereocenters. The van der Waals surface area contributed by atoms with Crippen LogP contribution in [0.25, 0.3) is 0 Å². The average Bonchev–Trinajstić information content (AvgIpc) is 2.83. The predicted octanol–water partition coefficient (Wildman–Crippen LogP) is 1.86. The number of nitrogens with zero attached hydrogens (tertiary/aromatic N) is 3. The summed E-state index contributed by atoms with van der Waals surface area (Å²) in [5.74, 6) is 5.43. The summed E-state index contributed by atoms with van der Waals surface area (Å²) in [5.41, 5.74) is 2.65. The molecule has 8 heteroatoms. The van der Waals surface area contributed by atoms with Gasteiger partial charge < -0.3 is 10.3 Å². The van der Waals surface area contributed by atoms with Gasteiger partial charge in [0.1, 0.15) is 0 Å². The quantitative estimate of drug-likeness (QED) is 0.654. The molecule has 0 aliphatic carbocycles. The second kappa shape index (κ2) is 6.09. The van der Waals surface area contributed by atoms with Crippen LogP contribution in [0, 0.1) is 0 Å². The van der Waals surface area contributed by atoms with Crippen molar-refractivity contribution in [2.75, 3.05) is 12.5 Å². The van der Waals surface area contributed by atoms with Gasteiger partial charge in [0.05, 0.1) is 6.54 Å². The number of aromatic nitrogens is 2. The molecule has 0 bridgehead atoms. The van der Waals surface area contributed by atoms with Gasteiger partial charge in [-0.15, -0.1) is 21.5 Å². The fourth-order valence-corrected chi connectivity index (χ4v) is 2.96. The minimum atomic E-state index is -0.180. The van der Waals surface area contributed by atoms with Gasteiger partial charge in [0, 0.05) is 21.8 Å². The molecule has 19 heavy (non-hydrogen) atoms. The van der Waals surface area contributed by atoms with Crippen LogP contribution in [-0.4, -0.2) is 28.1 Å². The first kappa shape index (κ1) is 13.9. The number of nitrogen functional groups attached to an aromatic ring is 1. The number of carbonyl (C=O) groups excluding carboxylic acids is 1. The minimum Gasteiger partial charge on any atom is -0.335 e. The van der Waals surface area contributed by atoms with Crippen LogP contribution < -0.4 is 11.3 Å². The standard InChI is InChI=1S/C11H12BrN5OS/c1-17(5-8-4-7(12)6-19-8)11(18)9-2-3-10(14-13)16-15-9/h2-4,6H,5,13H2,1H3,(H,14,16). The van der Waals surface area contributed by atoms with Crippen LogP contribution in [-0.2, 0) is 6.54 Å². The van der Waals surface area contributed by atoms with Gasteiger partial charge in [-0.25, -0.2) is 5.84 Å². The summed E-state index contributed by atoms with van der Waals surface area (Å²) in [5, 5.41) is 9.58. The monoisotopic (exact) mass is 341 g/mol. The third kappa shape index (κ3) is 3.49. The molecule has 6 nitrogen and oxygen atoms in total. The lowest BCUT2D eigenvalue weighted by Gasteiger charge is -2.15. The molecule has 1 amide bonds. The van der Waals surface area contributed by atoms with E-state index < -0.39 is 0 Å². The highest BCUT2D eigenvalue weighted by atomic mass is 79.9. The molecule has 2 rings (SSSR count). The lowest BCUT2D eigenvalue weighted by atomic mass is 10.3. The fourth-order valence-electron chi connectivity index (χ4n) is 1.46. The maximum absolute atomic E-state index is 12.1. The normalized spacial score (nSPS) is 10.3. The summed E-state index contributed by atoms with van der Waals surface area (Å²) < 4.78 is 1.02. The number of hydrogen-bond donors (Lipinski definition) is 2. The van der Waals surface area contributed by atoms with Crippen molar-refractivity contribution >= 4 is 39.0 Å². The van der Waals surface area contributed by atoms with E-state index in [4.69, 9.17) is 5.84 Å². The Balaban J connectivity index is 2.05. The molecule has 0 radical (unpaired) electrons. The Morgan fingerprint density at radius 2 is 2.32 bits per heavy atom. The number of rotatable bonds is 4. The lowest BCUT2D eigenvalue weighted by molar-refractivity contribution is 0.0779. The number of nitrogens with one attached hydrogen (secondary N) is 1. The Morgan fingerprint density at radius 1 is 1.53 bits per heavy atom. The summed E-state index contributed by atoms with van der Waals surface area (Å²) in [7, 11) is 1.73.